The van der Waals surface area contributed by atoms with Gasteiger partial charge in [-0.2, -0.15) is 4.31 Å². The third kappa shape index (κ3) is 6.66. The van der Waals surface area contributed by atoms with Gasteiger partial charge in [0.15, 0.2) is 0 Å². The number of hydrogen-bond acceptors (Lipinski definition) is 5. The van der Waals surface area contributed by atoms with Gasteiger partial charge in [0.05, 0.1) is 18.0 Å². The Morgan fingerprint density at radius 3 is 2.42 bits per heavy atom. The Labute approximate surface area is 195 Å². The molecule has 0 radical (unpaired) electrons. The first-order valence-electron chi connectivity index (χ1n) is 11.0. The second-order valence-corrected chi connectivity index (χ2v) is 10.2. The summed E-state index contributed by atoms with van der Waals surface area (Å²) >= 11 is 0. The fraction of sp³-hybridized carbons (Fsp3) is 0.478. The second-order valence-electron chi connectivity index (χ2n) is 8.25. The molecule has 0 spiro atoms. The molecule has 1 saturated carbocycles. The van der Waals surface area contributed by atoms with Crippen LogP contribution in [0.3, 0.4) is 0 Å². The lowest BCUT2D eigenvalue weighted by atomic mass is 10.3. The SMILES string of the molecule is COCCCN(CC(=O)N(Cc1cccn1C)C1CC1)S(=O)(=O)c1ccc(NC(C)=O)cc1. The molecule has 1 aliphatic carbocycles. The van der Waals surface area contributed by atoms with E-state index in [2.05, 4.69) is 5.32 Å². The summed E-state index contributed by atoms with van der Waals surface area (Å²) in [5.74, 6) is -0.453. The number of ether oxygens (including phenoxy) is 1. The van der Waals surface area contributed by atoms with Crippen LogP contribution in [0.15, 0.2) is 47.5 Å². The Hall–Kier alpha value is -2.69. The number of methoxy groups -OCH3 is 1. The van der Waals surface area contributed by atoms with Gasteiger partial charge in [0.1, 0.15) is 0 Å². The topological polar surface area (TPSA) is 101 Å². The van der Waals surface area contributed by atoms with Crippen LogP contribution in [0.5, 0.6) is 0 Å². The molecule has 2 aromatic rings. The van der Waals surface area contributed by atoms with Crippen LogP contribution in [0.1, 0.15) is 31.9 Å². The lowest BCUT2D eigenvalue weighted by Gasteiger charge is -2.27. The number of nitrogens with zero attached hydrogens (tertiary/aromatic N) is 3. The highest BCUT2D eigenvalue weighted by Gasteiger charge is 2.35. The molecule has 0 bridgehead atoms. The number of aryl methyl sites for hydroxylation is 1. The molecular formula is C23H32N4O5S. The highest BCUT2D eigenvalue weighted by molar-refractivity contribution is 7.89. The maximum absolute atomic E-state index is 13.4. The average Bonchev–Trinajstić information content (AvgIpc) is 3.52. The van der Waals surface area contributed by atoms with E-state index in [1.165, 1.54) is 35.5 Å². The maximum Gasteiger partial charge on any atom is 0.243 e. The standard InChI is InChI=1S/C23H32N4O5S/c1-18(28)24-19-7-11-22(12-8-19)33(30,31)26(14-5-15-32-3)17-23(29)27(20-9-10-20)16-21-6-4-13-25(21)2/h4,6-8,11-13,20H,5,9-10,14-17H2,1-3H3,(H,24,28). The van der Waals surface area contributed by atoms with E-state index in [1.807, 2.05) is 29.9 Å². The maximum atomic E-state index is 13.4. The molecule has 0 aliphatic heterocycles. The van der Waals surface area contributed by atoms with Gasteiger partial charge in [0, 0.05) is 57.9 Å². The molecular weight excluding hydrogens is 444 g/mol. The number of benzene rings is 1. The summed E-state index contributed by atoms with van der Waals surface area (Å²) in [7, 11) is -0.436. The van der Waals surface area contributed by atoms with Gasteiger partial charge in [-0.15, -0.1) is 0 Å². The Kier molecular flexibility index (Phi) is 8.28. The first-order chi connectivity index (χ1) is 15.7. The van der Waals surface area contributed by atoms with Gasteiger partial charge in [-0.25, -0.2) is 8.42 Å². The highest BCUT2D eigenvalue weighted by Crippen LogP contribution is 2.29. The largest absolute Gasteiger partial charge is 0.385 e. The van der Waals surface area contributed by atoms with E-state index >= 15 is 0 Å². The van der Waals surface area contributed by atoms with E-state index in [4.69, 9.17) is 4.74 Å². The molecule has 1 fully saturated rings. The van der Waals surface area contributed by atoms with Crippen LogP contribution in [0, 0.1) is 0 Å². The number of amides is 2. The number of carbonyl (C=O) groups excluding carboxylic acids is 2. The molecule has 1 aromatic carbocycles. The zero-order valence-corrected chi connectivity index (χ0v) is 20.2. The number of hydrogen-bond donors (Lipinski definition) is 1. The lowest BCUT2D eigenvalue weighted by molar-refractivity contribution is -0.132. The van der Waals surface area contributed by atoms with Gasteiger partial charge in [-0.3, -0.25) is 9.59 Å². The summed E-state index contributed by atoms with van der Waals surface area (Å²) in [6.45, 7) is 2.15. The third-order valence-corrected chi connectivity index (χ3v) is 7.43. The molecule has 2 amide bonds. The number of aromatic nitrogens is 1. The summed E-state index contributed by atoms with van der Waals surface area (Å²) < 4.78 is 35.1. The summed E-state index contributed by atoms with van der Waals surface area (Å²) in [6, 6.07) is 10.00. The molecule has 10 heteroatoms. The first kappa shape index (κ1) is 24.9. The van der Waals surface area contributed by atoms with Crippen molar-refractivity contribution in [3.63, 3.8) is 0 Å². The van der Waals surface area contributed by atoms with Crippen molar-refractivity contribution in [1.82, 2.24) is 13.8 Å². The van der Waals surface area contributed by atoms with Crippen molar-refractivity contribution in [2.45, 2.75) is 43.7 Å². The third-order valence-electron chi connectivity index (χ3n) is 5.57. The van der Waals surface area contributed by atoms with E-state index in [0.717, 1.165) is 18.5 Å². The monoisotopic (exact) mass is 476 g/mol. The zero-order chi connectivity index (χ0) is 24.0. The fourth-order valence-electron chi connectivity index (χ4n) is 3.62. The van der Waals surface area contributed by atoms with Crippen molar-refractivity contribution in [2.24, 2.45) is 7.05 Å². The van der Waals surface area contributed by atoms with Crippen LogP contribution >= 0.6 is 0 Å². The van der Waals surface area contributed by atoms with Gasteiger partial charge in [0.25, 0.3) is 0 Å². The average molecular weight is 477 g/mol. The molecule has 1 N–H and O–H groups in total. The van der Waals surface area contributed by atoms with Crippen molar-refractivity contribution in [3.05, 3.63) is 48.3 Å². The van der Waals surface area contributed by atoms with E-state index in [9.17, 15) is 18.0 Å². The molecule has 0 atom stereocenters. The predicted molar refractivity (Wildman–Crippen MR) is 125 cm³/mol. The van der Waals surface area contributed by atoms with E-state index < -0.39 is 10.0 Å². The van der Waals surface area contributed by atoms with Crippen molar-refractivity contribution >= 4 is 27.5 Å². The molecule has 3 rings (SSSR count). The van der Waals surface area contributed by atoms with Gasteiger partial charge in [-0.1, -0.05) is 0 Å². The Balaban J connectivity index is 1.79. The van der Waals surface area contributed by atoms with Crippen LogP contribution in [0.2, 0.25) is 0 Å². The molecule has 0 saturated heterocycles. The van der Waals surface area contributed by atoms with E-state index in [1.54, 1.807) is 12.0 Å². The number of carbonyl (C=O) groups is 2. The normalized spacial score (nSPS) is 13.8. The van der Waals surface area contributed by atoms with Crippen molar-refractivity contribution in [2.75, 3.05) is 32.1 Å². The summed E-state index contributed by atoms with van der Waals surface area (Å²) in [5, 5.41) is 2.62. The summed E-state index contributed by atoms with van der Waals surface area (Å²) in [4.78, 5) is 26.4. The number of nitrogens with one attached hydrogen (secondary N) is 1. The number of anilines is 1. The molecule has 33 heavy (non-hydrogen) atoms. The van der Waals surface area contributed by atoms with Crippen molar-refractivity contribution in [3.8, 4) is 0 Å². The minimum absolute atomic E-state index is 0.0715. The summed E-state index contributed by atoms with van der Waals surface area (Å²) in [6.07, 6.45) is 4.25. The lowest BCUT2D eigenvalue weighted by Crippen LogP contribution is -2.44. The van der Waals surface area contributed by atoms with Gasteiger partial charge >= 0.3 is 0 Å². The van der Waals surface area contributed by atoms with Crippen LogP contribution in [0.4, 0.5) is 5.69 Å². The van der Waals surface area contributed by atoms with E-state index in [0.29, 0.717) is 25.3 Å². The minimum Gasteiger partial charge on any atom is -0.385 e. The van der Waals surface area contributed by atoms with Gasteiger partial charge in [0.2, 0.25) is 21.8 Å². The highest BCUT2D eigenvalue weighted by atomic mass is 32.2. The Morgan fingerprint density at radius 2 is 1.88 bits per heavy atom. The minimum atomic E-state index is -3.92. The van der Waals surface area contributed by atoms with Crippen molar-refractivity contribution < 1.29 is 22.7 Å². The zero-order valence-electron chi connectivity index (χ0n) is 19.4. The molecule has 9 nitrogen and oxygen atoms in total. The molecule has 180 valence electrons. The van der Waals surface area contributed by atoms with Crippen LogP contribution in [-0.2, 0) is 37.9 Å². The van der Waals surface area contributed by atoms with Crippen LogP contribution in [0.25, 0.3) is 0 Å². The Bertz CT molecular complexity index is 1060. The Morgan fingerprint density at radius 1 is 1.18 bits per heavy atom. The predicted octanol–water partition coefficient (Wildman–Crippen LogP) is 2.20. The number of sulfonamides is 1. The number of rotatable bonds is 12. The smallest absolute Gasteiger partial charge is 0.243 e. The second kappa shape index (κ2) is 11.0. The first-order valence-corrected chi connectivity index (χ1v) is 12.4. The van der Waals surface area contributed by atoms with Gasteiger partial charge < -0.3 is 19.5 Å². The van der Waals surface area contributed by atoms with Crippen LogP contribution < -0.4 is 5.32 Å². The van der Waals surface area contributed by atoms with Crippen LogP contribution in [-0.4, -0.2) is 66.9 Å². The fourth-order valence-corrected chi connectivity index (χ4v) is 5.04. The van der Waals surface area contributed by atoms with Gasteiger partial charge in [-0.05, 0) is 55.7 Å². The molecule has 1 heterocycles. The molecule has 1 aromatic heterocycles. The summed E-state index contributed by atoms with van der Waals surface area (Å²) in [5.41, 5.74) is 1.50. The van der Waals surface area contributed by atoms with E-state index in [-0.39, 0.29) is 35.8 Å². The quantitative estimate of drug-likeness (QED) is 0.474. The molecule has 0 unspecified atom stereocenters. The van der Waals surface area contributed by atoms with Crippen molar-refractivity contribution in [1.29, 1.82) is 0 Å². The molecule has 1 aliphatic rings.